The first-order valence-electron chi connectivity index (χ1n) is 6.27. The fourth-order valence-corrected chi connectivity index (χ4v) is 2.00. The molecule has 0 atom stereocenters. The van der Waals surface area contributed by atoms with Crippen LogP contribution >= 0.6 is 0 Å². The highest BCUT2D eigenvalue weighted by Gasteiger charge is 2.12. The maximum absolute atomic E-state index is 10.8. The van der Waals surface area contributed by atoms with Crippen molar-refractivity contribution < 1.29 is 9.66 Å². The van der Waals surface area contributed by atoms with Gasteiger partial charge in [-0.1, -0.05) is 18.2 Å². The minimum atomic E-state index is -0.469. The van der Waals surface area contributed by atoms with E-state index in [2.05, 4.69) is 9.97 Å². The predicted molar refractivity (Wildman–Crippen MR) is 77.4 cm³/mol. The van der Waals surface area contributed by atoms with E-state index in [0.29, 0.717) is 17.2 Å². The SMILES string of the molecule is Cc1cc(Oc2cnc3ccccc3c2)ncc1[N+](=O)[O-]. The van der Waals surface area contributed by atoms with Crippen molar-refractivity contribution in [2.75, 3.05) is 0 Å². The number of pyridine rings is 2. The Kier molecular flexibility index (Phi) is 3.19. The predicted octanol–water partition coefficient (Wildman–Crippen LogP) is 3.64. The van der Waals surface area contributed by atoms with E-state index in [1.165, 1.54) is 12.3 Å². The van der Waals surface area contributed by atoms with Gasteiger partial charge in [0, 0.05) is 17.0 Å². The summed E-state index contributed by atoms with van der Waals surface area (Å²) in [4.78, 5) is 18.5. The summed E-state index contributed by atoms with van der Waals surface area (Å²) in [7, 11) is 0. The van der Waals surface area contributed by atoms with E-state index in [4.69, 9.17) is 4.74 Å². The number of aromatic nitrogens is 2. The molecular weight excluding hydrogens is 270 g/mol. The van der Waals surface area contributed by atoms with Crippen molar-refractivity contribution in [3.63, 3.8) is 0 Å². The van der Waals surface area contributed by atoms with E-state index in [-0.39, 0.29) is 5.69 Å². The Balaban J connectivity index is 1.91. The van der Waals surface area contributed by atoms with Gasteiger partial charge in [0.25, 0.3) is 5.69 Å². The number of ether oxygens (including phenoxy) is 1. The lowest BCUT2D eigenvalue weighted by molar-refractivity contribution is -0.385. The molecule has 0 amide bonds. The lowest BCUT2D eigenvalue weighted by atomic mass is 10.2. The van der Waals surface area contributed by atoms with E-state index in [0.717, 1.165) is 10.9 Å². The Labute approximate surface area is 120 Å². The van der Waals surface area contributed by atoms with Crippen LogP contribution in [-0.2, 0) is 0 Å². The van der Waals surface area contributed by atoms with E-state index in [1.54, 1.807) is 13.1 Å². The third kappa shape index (κ3) is 2.64. The number of nitro groups is 1. The van der Waals surface area contributed by atoms with Crippen LogP contribution in [0.4, 0.5) is 5.69 Å². The molecule has 104 valence electrons. The van der Waals surface area contributed by atoms with Crippen LogP contribution in [0.1, 0.15) is 5.56 Å². The largest absolute Gasteiger partial charge is 0.437 e. The van der Waals surface area contributed by atoms with Crippen LogP contribution in [-0.4, -0.2) is 14.9 Å². The lowest BCUT2D eigenvalue weighted by Gasteiger charge is -2.06. The number of para-hydroxylation sites is 1. The first-order valence-corrected chi connectivity index (χ1v) is 6.27. The quantitative estimate of drug-likeness (QED) is 0.541. The normalized spacial score (nSPS) is 10.5. The summed E-state index contributed by atoms with van der Waals surface area (Å²) in [6, 6.07) is 11.1. The van der Waals surface area contributed by atoms with Crippen molar-refractivity contribution in [1.82, 2.24) is 9.97 Å². The molecule has 0 bridgehead atoms. The van der Waals surface area contributed by atoms with Gasteiger partial charge in [-0.25, -0.2) is 4.98 Å². The molecule has 6 nitrogen and oxygen atoms in total. The molecule has 0 aliphatic heterocycles. The van der Waals surface area contributed by atoms with Gasteiger partial charge in [0.1, 0.15) is 11.9 Å². The van der Waals surface area contributed by atoms with Gasteiger partial charge in [-0.3, -0.25) is 15.1 Å². The Morgan fingerprint density at radius 2 is 1.95 bits per heavy atom. The average molecular weight is 281 g/mol. The number of hydrogen-bond donors (Lipinski definition) is 0. The molecule has 0 radical (unpaired) electrons. The molecule has 6 heteroatoms. The minimum absolute atomic E-state index is 0.0287. The zero-order valence-corrected chi connectivity index (χ0v) is 11.2. The van der Waals surface area contributed by atoms with Crippen molar-refractivity contribution in [2.24, 2.45) is 0 Å². The second-order valence-corrected chi connectivity index (χ2v) is 4.53. The number of hydrogen-bond acceptors (Lipinski definition) is 5. The summed E-state index contributed by atoms with van der Waals surface area (Å²) in [5.74, 6) is 0.838. The smallest absolute Gasteiger partial charge is 0.290 e. The zero-order valence-electron chi connectivity index (χ0n) is 11.2. The summed E-state index contributed by atoms with van der Waals surface area (Å²) in [5.41, 5.74) is 1.34. The first-order chi connectivity index (χ1) is 10.1. The lowest BCUT2D eigenvalue weighted by Crippen LogP contribution is -1.95. The molecule has 0 saturated heterocycles. The number of fused-ring (bicyclic) bond motifs is 1. The van der Waals surface area contributed by atoms with Crippen LogP contribution in [0, 0.1) is 17.0 Å². The second-order valence-electron chi connectivity index (χ2n) is 4.53. The Hall–Kier alpha value is -3.02. The second kappa shape index (κ2) is 5.16. The number of aryl methyl sites for hydroxylation is 1. The molecule has 3 aromatic rings. The minimum Gasteiger partial charge on any atom is -0.437 e. The van der Waals surface area contributed by atoms with E-state index >= 15 is 0 Å². The zero-order chi connectivity index (χ0) is 14.8. The highest BCUT2D eigenvalue weighted by Crippen LogP contribution is 2.25. The van der Waals surface area contributed by atoms with Gasteiger partial charge in [0.15, 0.2) is 0 Å². The molecule has 1 aromatic carbocycles. The molecule has 3 rings (SSSR count). The fraction of sp³-hybridized carbons (Fsp3) is 0.0667. The summed E-state index contributed by atoms with van der Waals surface area (Å²) in [6.07, 6.45) is 2.79. The Bertz CT molecular complexity index is 833. The monoisotopic (exact) mass is 281 g/mol. The molecule has 0 spiro atoms. The molecule has 0 aliphatic rings. The Morgan fingerprint density at radius 3 is 2.71 bits per heavy atom. The topological polar surface area (TPSA) is 78.2 Å². The number of benzene rings is 1. The highest BCUT2D eigenvalue weighted by molar-refractivity contribution is 5.79. The van der Waals surface area contributed by atoms with Gasteiger partial charge >= 0.3 is 0 Å². The van der Waals surface area contributed by atoms with Crippen LogP contribution in [0.15, 0.2) is 48.8 Å². The summed E-state index contributed by atoms with van der Waals surface area (Å²) >= 11 is 0. The van der Waals surface area contributed by atoms with Gasteiger partial charge in [0.2, 0.25) is 5.88 Å². The molecule has 2 aromatic heterocycles. The van der Waals surface area contributed by atoms with E-state index < -0.39 is 4.92 Å². The van der Waals surface area contributed by atoms with Gasteiger partial charge in [0.05, 0.1) is 16.6 Å². The van der Waals surface area contributed by atoms with Crippen molar-refractivity contribution in [3.8, 4) is 11.6 Å². The molecule has 0 saturated carbocycles. The van der Waals surface area contributed by atoms with Crippen LogP contribution < -0.4 is 4.74 Å². The first kappa shape index (κ1) is 13.0. The molecule has 2 heterocycles. The van der Waals surface area contributed by atoms with E-state index in [9.17, 15) is 10.1 Å². The standard InChI is InChI=1S/C15H11N3O3/c1-10-6-15(17-9-14(10)18(19)20)21-12-7-11-4-2-3-5-13(11)16-8-12/h2-9H,1H3. The molecule has 0 unspecified atom stereocenters. The molecular formula is C15H11N3O3. The van der Waals surface area contributed by atoms with E-state index in [1.807, 2.05) is 30.3 Å². The van der Waals surface area contributed by atoms with Gasteiger partial charge in [-0.2, -0.15) is 0 Å². The van der Waals surface area contributed by atoms with Crippen LogP contribution in [0.2, 0.25) is 0 Å². The summed E-state index contributed by atoms with van der Waals surface area (Å²) in [6.45, 7) is 1.64. The molecule has 0 fully saturated rings. The number of rotatable bonds is 3. The van der Waals surface area contributed by atoms with Crippen molar-refractivity contribution >= 4 is 16.6 Å². The van der Waals surface area contributed by atoms with Crippen LogP contribution in [0.3, 0.4) is 0 Å². The summed E-state index contributed by atoms with van der Waals surface area (Å²) < 4.78 is 5.61. The maximum Gasteiger partial charge on any atom is 0.290 e. The van der Waals surface area contributed by atoms with Crippen molar-refractivity contribution in [2.45, 2.75) is 6.92 Å². The van der Waals surface area contributed by atoms with Crippen LogP contribution in [0.25, 0.3) is 10.9 Å². The highest BCUT2D eigenvalue weighted by atomic mass is 16.6. The third-order valence-electron chi connectivity index (χ3n) is 3.04. The third-order valence-corrected chi connectivity index (χ3v) is 3.04. The van der Waals surface area contributed by atoms with Gasteiger partial charge in [-0.15, -0.1) is 0 Å². The Morgan fingerprint density at radius 1 is 1.14 bits per heavy atom. The maximum atomic E-state index is 10.8. The molecule has 0 aliphatic carbocycles. The number of nitrogens with zero attached hydrogens (tertiary/aromatic N) is 3. The van der Waals surface area contributed by atoms with Gasteiger partial charge in [-0.05, 0) is 19.1 Å². The van der Waals surface area contributed by atoms with Crippen molar-refractivity contribution in [1.29, 1.82) is 0 Å². The molecule has 0 N–H and O–H groups in total. The average Bonchev–Trinajstić information content (AvgIpc) is 2.47. The molecule has 21 heavy (non-hydrogen) atoms. The van der Waals surface area contributed by atoms with Gasteiger partial charge < -0.3 is 4.74 Å². The van der Waals surface area contributed by atoms with Crippen LogP contribution in [0.5, 0.6) is 11.6 Å². The fourth-order valence-electron chi connectivity index (χ4n) is 2.00. The summed E-state index contributed by atoms with van der Waals surface area (Å²) in [5, 5.41) is 11.7. The van der Waals surface area contributed by atoms with Crippen molar-refractivity contribution in [3.05, 3.63) is 64.5 Å².